The molecule has 0 aliphatic heterocycles. The lowest BCUT2D eigenvalue weighted by atomic mass is 9.93. The lowest BCUT2D eigenvalue weighted by molar-refractivity contribution is 0.497. The van der Waals surface area contributed by atoms with Crippen LogP contribution < -0.4 is 0 Å². The Kier molecular flexibility index (Phi) is 5.68. The van der Waals surface area contributed by atoms with Crippen molar-refractivity contribution in [2.75, 3.05) is 0 Å². The maximum absolute atomic E-state index is 4.81. The van der Waals surface area contributed by atoms with E-state index in [0.717, 1.165) is 23.0 Å². The van der Waals surface area contributed by atoms with Gasteiger partial charge in [-0.3, -0.25) is 0 Å². The molecule has 1 heterocycles. The van der Waals surface area contributed by atoms with Gasteiger partial charge in [0.05, 0.1) is 0 Å². The van der Waals surface area contributed by atoms with Gasteiger partial charge in [0.15, 0.2) is 5.82 Å². The van der Waals surface area contributed by atoms with Gasteiger partial charge in [0, 0.05) is 16.4 Å². The third-order valence-corrected chi connectivity index (χ3v) is 5.45. The lowest BCUT2D eigenvalue weighted by Crippen LogP contribution is -2.24. The van der Waals surface area contributed by atoms with Crippen molar-refractivity contribution in [2.45, 2.75) is 52.4 Å². The highest BCUT2D eigenvalue weighted by Gasteiger charge is 2.25. The molecule has 0 aliphatic carbocycles. The Morgan fingerprint density at radius 3 is 1.12 bits per heavy atom. The molecule has 4 rings (SSSR count). The first-order chi connectivity index (χ1) is 15.1. The molecular weight excluding hydrogens is 390 g/mol. The zero-order chi connectivity index (χ0) is 22.9. The summed E-state index contributed by atoms with van der Waals surface area (Å²) in [6, 6.07) is 27.7. The SMILES string of the molecule is CC(C)(C)c1nc(-c2ccc(-c3ccc(-c4ccccc4)cc3)cc2)nc(C(C)(C)C)n1. The van der Waals surface area contributed by atoms with Crippen molar-refractivity contribution in [2.24, 2.45) is 0 Å². The topological polar surface area (TPSA) is 38.7 Å². The molecule has 0 fully saturated rings. The van der Waals surface area contributed by atoms with Crippen LogP contribution in [-0.4, -0.2) is 15.0 Å². The van der Waals surface area contributed by atoms with Gasteiger partial charge in [0.2, 0.25) is 0 Å². The quantitative estimate of drug-likeness (QED) is 0.344. The Morgan fingerprint density at radius 2 is 0.750 bits per heavy atom. The summed E-state index contributed by atoms with van der Waals surface area (Å²) in [5.74, 6) is 2.39. The maximum atomic E-state index is 4.81. The maximum Gasteiger partial charge on any atom is 0.163 e. The number of rotatable bonds is 3. The third kappa shape index (κ3) is 4.77. The highest BCUT2D eigenvalue weighted by Crippen LogP contribution is 2.29. The van der Waals surface area contributed by atoms with Gasteiger partial charge in [-0.25, -0.2) is 15.0 Å². The average molecular weight is 422 g/mol. The molecule has 162 valence electrons. The van der Waals surface area contributed by atoms with Crippen molar-refractivity contribution >= 4 is 0 Å². The predicted octanol–water partition coefficient (Wildman–Crippen LogP) is 7.47. The van der Waals surface area contributed by atoms with E-state index in [1.165, 1.54) is 22.3 Å². The molecule has 3 heteroatoms. The zero-order valence-corrected chi connectivity index (χ0v) is 19.8. The fourth-order valence-corrected chi connectivity index (χ4v) is 3.47. The Hall–Kier alpha value is -3.33. The second-order valence-corrected chi connectivity index (χ2v) is 10.3. The average Bonchev–Trinajstić information content (AvgIpc) is 2.78. The largest absolute Gasteiger partial charge is 0.217 e. The van der Waals surface area contributed by atoms with Gasteiger partial charge >= 0.3 is 0 Å². The summed E-state index contributed by atoms with van der Waals surface area (Å²) in [6.07, 6.45) is 0. The molecule has 4 aromatic rings. The van der Waals surface area contributed by atoms with Crippen LogP contribution in [0.2, 0.25) is 0 Å². The van der Waals surface area contributed by atoms with Gasteiger partial charge < -0.3 is 0 Å². The van der Waals surface area contributed by atoms with Crippen molar-refractivity contribution in [3.63, 3.8) is 0 Å². The number of nitrogens with zero attached hydrogens (tertiary/aromatic N) is 3. The van der Waals surface area contributed by atoms with Gasteiger partial charge in [-0.2, -0.15) is 0 Å². The summed E-state index contributed by atoms with van der Waals surface area (Å²) >= 11 is 0. The molecule has 0 amide bonds. The number of hydrogen-bond donors (Lipinski definition) is 0. The smallest absolute Gasteiger partial charge is 0.163 e. The van der Waals surface area contributed by atoms with Gasteiger partial charge in [0.1, 0.15) is 11.6 Å². The highest BCUT2D eigenvalue weighted by molar-refractivity contribution is 5.72. The molecule has 0 atom stereocenters. The van der Waals surface area contributed by atoms with E-state index < -0.39 is 0 Å². The molecule has 0 saturated heterocycles. The lowest BCUT2D eigenvalue weighted by Gasteiger charge is -2.22. The zero-order valence-electron chi connectivity index (χ0n) is 19.8. The Labute approximate surface area is 191 Å². The number of aromatic nitrogens is 3. The van der Waals surface area contributed by atoms with Crippen molar-refractivity contribution < 1.29 is 0 Å². The van der Waals surface area contributed by atoms with Gasteiger partial charge in [0.25, 0.3) is 0 Å². The highest BCUT2D eigenvalue weighted by atomic mass is 15.0. The van der Waals surface area contributed by atoms with Crippen LogP contribution in [0.3, 0.4) is 0 Å². The van der Waals surface area contributed by atoms with E-state index in [1.807, 2.05) is 6.07 Å². The van der Waals surface area contributed by atoms with Crippen LogP contribution in [0.15, 0.2) is 78.9 Å². The minimum Gasteiger partial charge on any atom is -0.217 e. The van der Waals surface area contributed by atoms with E-state index in [1.54, 1.807) is 0 Å². The van der Waals surface area contributed by atoms with Crippen molar-refractivity contribution in [3.8, 4) is 33.6 Å². The van der Waals surface area contributed by atoms with Crippen LogP contribution in [0, 0.1) is 0 Å². The van der Waals surface area contributed by atoms with E-state index in [2.05, 4.69) is 114 Å². The Balaban J connectivity index is 1.65. The molecule has 1 aromatic heterocycles. The fraction of sp³-hybridized carbons (Fsp3) is 0.276. The molecule has 32 heavy (non-hydrogen) atoms. The molecule has 3 nitrogen and oxygen atoms in total. The van der Waals surface area contributed by atoms with Crippen LogP contribution in [0.1, 0.15) is 53.2 Å². The third-order valence-electron chi connectivity index (χ3n) is 5.45. The van der Waals surface area contributed by atoms with Crippen molar-refractivity contribution in [1.29, 1.82) is 0 Å². The molecule has 0 N–H and O–H groups in total. The minimum atomic E-state index is -0.141. The first-order valence-electron chi connectivity index (χ1n) is 11.1. The van der Waals surface area contributed by atoms with E-state index in [0.29, 0.717) is 0 Å². The fourth-order valence-electron chi connectivity index (χ4n) is 3.47. The van der Waals surface area contributed by atoms with E-state index in [4.69, 9.17) is 15.0 Å². The van der Waals surface area contributed by atoms with Crippen molar-refractivity contribution in [3.05, 3.63) is 90.5 Å². The summed E-state index contributed by atoms with van der Waals surface area (Å²) in [6.45, 7) is 12.8. The van der Waals surface area contributed by atoms with Crippen LogP contribution in [0.4, 0.5) is 0 Å². The van der Waals surface area contributed by atoms with E-state index in [9.17, 15) is 0 Å². The summed E-state index contributed by atoms with van der Waals surface area (Å²) in [4.78, 5) is 14.4. The molecular formula is C29H31N3. The minimum absolute atomic E-state index is 0.141. The molecule has 0 aliphatic rings. The Morgan fingerprint density at radius 1 is 0.406 bits per heavy atom. The number of benzene rings is 3. The molecule has 0 spiro atoms. The van der Waals surface area contributed by atoms with Crippen LogP contribution in [-0.2, 0) is 10.8 Å². The van der Waals surface area contributed by atoms with Crippen LogP contribution in [0.5, 0.6) is 0 Å². The van der Waals surface area contributed by atoms with Gasteiger partial charge in [-0.05, 0) is 22.3 Å². The van der Waals surface area contributed by atoms with E-state index in [-0.39, 0.29) is 10.8 Å². The van der Waals surface area contributed by atoms with E-state index >= 15 is 0 Å². The van der Waals surface area contributed by atoms with Crippen LogP contribution >= 0.6 is 0 Å². The normalized spacial score (nSPS) is 12.1. The molecule has 0 radical (unpaired) electrons. The summed E-state index contributed by atoms with van der Waals surface area (Å²) in [5.41, 5.74) is 5.55. The summed E-state index contributed by atoms with van der Waals surface area (Å²) in [5, 5.41) is 0. The second-order valence-electron chi connectivity index (χ2n) is 10.3. The molecule has 0 bridgehead atoms. The molecule has 3 aromatic carbocycles. The molecule has 0 unspecified atom stereocenters. The first-order valence-corrected chi connectivity index (χ1v) is 11.1. The van der Waals surface area contributed by atoms with Crippen molar-refractivity contribution in [1.82, 2.24) is 15.0 Å². The standard InChI is InChI=1S/C29H31N3/c1-28(2,3)26-30-25(31-27(32-26)29(4,5)6)24-18-16-23(17-19-24)22-14-12-21(13-15-22)20-10-8-7-9-11-20/h7-19H,1-6H3. The predicted molar refractivity (Wildman–Crippen MR) is 134 cm³/mol. The Bertz CT molecular complexity index is 1160. The first kappa shape index (κ1) is 21.9. The summed E-state index contributed by atoms with van der Waals surface area (Å²) < 4.78 is 0. The second kappa shape index (κ2) is 8.31. The number of hydrogen-bond acceptors (Lipinski definition) is 3. The van der Waals surface area contributed by atoms with Gasteiger partial charge in [-0.15, -0.1) is 0 Å². The monoisotopic (exact) mass is 421 g/mol. The molecule has 0 saturated carbocycles. The van der Waals surface area contributed by atoms with Crippen LogP contribution in [0.25, 0.3) is 33.6 Å². The van der Waals surface area contributed by atoms with Gasteiger partial charge in [-0.1, -0.05) is 120 Å². The summed E-state index contributed by atoms with van der Waals surface area (Å²) in [7, 11) is 0.